The second-order valence-electron chi connectivity index (χ2n) is 4.52. The summed E-state index contributed by atoms with van der Waals surface area (Å²) in [6.07, 6.45) is 0.758. The first-order valence-corrected chi connectivity index (χ1v) is 6.94. The van der Waals surface area contributed by atoms with E-state index in [9.17, 15) is 10.2 Å². The van der Waals surface area contributed by atoms with Gasteiger partial charge in [-0.05, 0) is 30.7 Å². The van der Waals surface area contributed by atoms with Gasteiger partial charge in [0.15, 0.2) is 0 Å². The van der Waals surface area contributed by atoms with E-state index in [1.54, 1.807) is 24.3 Å². The second kappa shape index (κ2) is 9.15. The normalized spacial score (nSPS) is 14.1. The maximum Gasteiger partial charge on any atom is 0.119 e. The van der Waals surface area contributed by atoms with Crippen molar-refractivity contribution in [3.05, 3.63) is 29.3 Å². The molecule has 0 radical (unpaired) electrons. The lowest BCUT2D eigenvalue weighted by Crippen LogP contribution is -2.35. The maximum absolute atomic E-state index is 9.71. The van der Waals surface area contributed by atoms with Crippen molar-refractivity contribution >= 4 is 11.6 Å². The minimum atomic E-state index is -0.607. The summed E-state index contributed by atoms with van der Waals surface area (Å²) in [5.74, 6) is 0.675. The van der Waals surface area contributed by atoms with Crippen molar-refractivity contribution in [2.45, 2.75) is 32.0 Å². The average Bonchev–Trinajstić information content (AvgIpc) is 2.38. The van der Waals surface area contributed by atoms with E-state index in [4.69, 9.17) is 16.3 Å². The van der Waals surface area contributed by atoms with Gasteiger partial charge in [0.25, 0.3) is 0 Å². The smallest absolute Gasteiger partial charge is 0.119 e. The Kier molecular flexibility index (Phi) is 7.82. The van der Waals surface area contributed by atoms with Gasteiger partial charge in [-0.1, -0.05) is 24.9 Å². The number of ether oxygens (including phenoxy) is 1. The summed E-state index contributed by atoms with van der Waals surface area (Å²) in [6.45, 7) is 3.12. The first-order valence-electron chi connectivity index (χ1n) is 6.57. The molecule has 19 heavy (non-hydrogen) atoms. The molecule has 1 aromatic carbocycles. The Morgan fingerprint density at radius 1 is 1.16 bits per heavy atom. The summed E-state index contributed by atoms with van der Waals surface area (Å²) in [5.41, 5.74) is 0. The van der Waals surface area contributed by atoms with Gasteiger partial charge in [0, 0.05) is 18.1 Å². The molecule has 0 fully saturated rings. The summed E-state index contributed by atoms with van der Waals surface area (Å²) < 4.78 is 5.42. The molecule has 2 atom stereocenters. The lowest BCUT2D eigenvalue weighted by Gasteiger charge is -2.15. The monoisotopic (exact) mass is 287 g/mol. The third-order valence-corrected chi connectivity index (χ3v) is 2.89. The summed E-state index contributed by atoms with van der Waals surface area (Å²) in [6, 6.07) is 6.99. The molecule has 0 spiro atoms. The van der Waals surface area contributed by atoms with Crippen LogP contribution in [0.5, 0.6) is 5.75 Å². The van der Waals surface area contributed by atoms with Crippen LogP contribution in [0.4, 0.5) is 0 Å². The summed E-state index contributed by atoms with van der Waals surface area (Å²) >= 11 is 5.76. The van der Waals surface area contributed by atoms with Crippen molar-refractivity contribution in [1.29, 1.82) is 0 Å². The van der Waals surface area contributed by atoms with Crippen LogP contribution in [0.2, 0.25) is 5.02 Å². The zero-order valence-corrected chi connectivity index (χ0v) is 11.9. The van der Waals surface area contributed by atoms with Crippen LogP contribution in [0, 0.1) is 0 Å². The molecule has 3 N–H and O–H groups in total. The summed E-state index contributed by atoms with van der Waals surface area (Å²) in [4.78, 5) is 0. The minimum Gasteiger partial charge on any atom is -0.491 e. The lowest BCUT2D eigenvalue weighted by molar-refractivity contribution is 0.0984. The molecule has 2 unspecified atom stereocenters. The molecule has 0 aliphatic rings. The van der Waals surface area contributed by atoms with Crippen LogP contribution in [0.15, 0.2) is 24.3 Å². The van der Waals surface area contributed by atoms with Gasteiger partial charge in [0.2, 0.25) is 0 Å². The van der Waals surface area contributed by atoms with Crippen LogP contribution < -0.4 is 10.1 Å². The standard InChI is InChI=1S/C14H22ClNO3/c1-2-3-12(17)8-16-9-13(18)10-19-14-6-4-11(15)5-7-14/h4-7,12-13,16-18H,2-3,8-10H2,1H3. The van der Waals surface area contributed by atoms with Crippen LogP contribution >= 0.6 is 11.6 Å². The molecule has 0 aromatic heterocycles. The number of nitrogens with one attached hydrogen (secondary N) is 1. The maximum atomic E-state index is 9.71. The fourth-order valence-electron chi connectivity index (χ4n) is 1.63. The molecule has 0 amide bonds. The lowest BCUT2D eigenvalue weighted by atomic mass is 10.2. The van der Waals surface area contributed by atoms with Gasteiger partial charge in [-0.25, -0.2) is 0 Å². The van der Waals surface area contributed by atoms with E-state index in [1.165, 1.54) is 0 Å². The van der Waals surface area contributed by atoms with E-state index in [0.717, 1.165) is 12.8 Å². The second-order valence-corrected chi connectivity index (χ2v) is 4.96. The zero-order valence-electron chi connectivity index (χ0n) is 11.2. The van der Waals surface area contributed by atoms with Crippen molar-refractivity contribution in [3.8, 4) is 5.75 Å². The van der Waals surface area contributed by atoms with E-state index < -0.39 is 6.10 Å². The highest BCUT2D eigenvalue weighted by Gasteiger charge is 2.07. The number of benzene rings is 1. The van der Waals surface area contributed by atoms with Crippen LogP contribution in [0.3, 0.4) is 0 Å². The molecule has 0 aliphatic carbocycles. The molecule has 5 heteroatoms. The predicted molar refractivity (Wildman–Crippen MR) is 76.7 cm³/mol. The molecule has 1 rings (SSSR count). The van der Waals surface area contributed by atoms with Gasteiger partial charge in [0.05, 0.1) is 6.10 Å². The Morgan fingerprint density at radius 2 is 1.79 bits per heavy atom. The summed E-state index contributed by atoms with van der Waals surface area (Å²) in [5, 5.41) is 22.9. The summed E-state index contributed by atoms with van der Waals surface area (Å²) in [7, 11) is 0. The first-order chi connectivity index (χ1) is 9.11. The third kappa shape index (κ3) is 7.38. The SMILES string of the molecule is CCCC(O)CNCC(O)COc1ccc(Cl)cc1. The molecule has 1 aromatic rings. The number of aliphatic hydroxyl groups is 2. The molecular formula is C14H22ClNO3. The molecular weight excluding hydrogens is 266 g/mol. The van der Waals surface area contributed by atoms with Crippen molar-refractivity contribution < 1.29 is 14.9 Å². The Morgan fingerprint density at radius 3 is 2.42 bits per heavy atom. The van der Waals surface area contributed by atoms with Crippen molar-refractivity contribution in [2.24, 2.45) is 0 Å². The molecule has 4 nitrogen and oxygen atoms in total. The Hall–Kier alpha value is -0.810. The van der Waals surface area contributed by atoms with Crippen molar-refractivity contribution in [2.75, 3.05) is 19.7 Å². The molecule has 0 saturated carbocycles. The van der Waals surface area contributed by atoms with Gasteiger partial charge in [0.1, 0.15) is 18.5 Å². The van der Waals surface area contributed by atoms with E-state index in [-0.39, 0.29) is 12.7 Å². The highest BCUT2D eigenvalue weighted by molar-refractivity contribution is 6.30. The first kappa shape index (κ1) is 16.2. The van der Waals surface area contributed by atoms with Crippen LogP contribution in [-0.2, 0) is 0 Å². The minimum absolute atomic E-state index is 0.207. The zero-order chi connectivity index (χ0) is 14.1. The topological polar surface area (TPSA) is 61.7 Å². The molecule has 0 heterocycles. The quantitative estimate of drug-likeness (QED) is 0.648. The molecule has 0 aliphatic heterocycles. The average molecular weight is 288 g/mol. The number of hydrogen-bond acceptors (Lipinski definition) is 4. The Labute approximate surface area is 119 Å². The Bertz CT molecular complexity index is 345. The third-order valence-electron chi connectivity index (χ3n) is 2.64. The number of aliphatic hydroxyl groups excluding tert-OH is 2. The van der Waals surface area contributed by atoms with E-state index in [0.29, 0.717) is 23.9 Å². The highest BCUT2D eigenvalue weighted by atomic mass is 35.5. The molecule has 0 bridgehead atoms. The van der Waals surface area contributed by atoms with Crippen LogP contribution in [0.25, 0.3) is 0 Å². The van der Waals surface area contributed by atoms with Crippen molar-refractivity contribution in [1.82, 2.24) is 5.32 Å². The fourth-order valence-corrected chi connectivity index (χ4v) is 1.76. The van der Waals surface area contributed by atoms with E-state index in [2.05, 4.69) is 5.32 Å². The predicted octanol–water partition coefficient (Wildman–Crippen LogP) is 1.83. The van der Waals surface area contributed by atoms with Crippen LogP contribution in [-0.4, -0.2) is 42.1 Å². The highest BCUT2D eigenvalue weighted by Crippen LogP contribution is 2.15. The van der Waals surface area contributed by atoms with E-state index in [1.807, 2.05) is 6.92 Å². The van der Waals surface area contributed by atoms with Crippen LogP contribution in [0.1, 0.15) is 19.8 Å². The Balaban J connectivity index is 2.14. The van der Waals surface area contributed by atoms with Crippen molar-refractivity contribution in [3.63, 3.8) is 0 Å². The molecule has 0 saturated heterocycles. The fraction of sp³-hybridized carbons (Fsp3) is 0.571. The van der Waals surface area contributed by atoms with Gasteiger partial charge in [-0.15, -0.1) is 0 Å². The molecule has 108 valence electrons. The van der Waals surface area contributed by atoms with Gasteiger partial charge < -0.3 is 20.3 Å². The van der Waals surface area contributed by atoms with Gasteiger partial charge >= 0.3 is 0 Å². The van der Waals surface area contributed by atoms with E-state index >= 15 is 0 Å². The number of hydrogen-bond donors (Lipinski definition) is 3. The number of rotatable bonds is 9. The largest absolute Gasteiger partial charge is 0.491 e. The number of halogens is 1. The van der Waals surface area contributed by atoms with Gasteiger partial charge in [-0.2, -0.15) is 0 Å². The van der Waals surface area contributed by atoms with Gasteiger partial charge in [-0.3, -0.25) is 0 Å².